The van der Waals surface area contributed by atoms with Gasteiger partial charge in [0.05, 0.1) is 0 Å². The predicted octanol–water partition coefficient (Wildman–Crippen LogP) is 5.78. The van der Waals surface area contributed by atoms with Crippen LogP contribution in [0.15, 0.2) is 60.8 Å². The molecule has 0 bridgehead atoms. The van der Waals surface area contributed by atoms with E-state index < -0.39 is 13.3 Å². The molecule has 0 radical (unpaired) electrons. The van der Waals surface area contributed by atoms with Crippen molar-refractivity contribution in [1.29, 1.82) is 5.26 Å². The third-order valence-corrected chi connectivity index (χ3v) is 9.70. The van der Waals surface area contributed by atoms with Crippen LogP contribution in [0.5, 0.6) is 0 Å². The Morgan fingerprint density at radius 3 is 2.41 bits per heavy atom. The van der Waals surface area contributed by atoms with Crippen molar-refractivity contribution in [2.75, 3.05) is 0 Å². The number of hydrogen-bond acceptors (Lipinski definition) is 2. The average Bonchev–Trinajstić information content (AvgIpc) is 2.65. The Hall–Kier alpha value is -2.64. The Labute approximate surface area is 162 Å². The van der Waals surface area contributed by atoms with Crippen LogP contribution in [0, 0.1) is 18.3 Å². The first-order valence-electron chi connectivity index (χ1n) is 9.22. The number of fused-ring (bicyclic) bond motifs is 2. The molecular weight excluding hydrogens is 389 g/mol. The number of pyridine rings is 1. The molecule has 3 aromatic carbocycles. The number of aromatic nitrogens is 1. The van der Waals surface area contributed by atoms with Gasteiger partial charge in [-0.1, -0.05) is 0 Å². The summed E-state index contributed by atoms with van der Waals surface area (Å²) < 4.78 is 1.54. The summed E-state index contributed by atoms with van der Waals surface area (Å²) >= 11 is -2.05. The van der Waals surface area contributed by atoms with Crippen LogP contribution < -0.4 is 4.40 Å². The molecule has 4 rings (SSSR count). The molecule has 0 atom stereocenters. The van der Waals surface area contributed by atoms with Gasteiger partial charge in [-0.05, 0) is 0 Å². The van der Waals surface area contributed by atoms with Crippen molar-refractivity contribution in [3.63, 3.8) is 0 Å². The normalized spacial score (nSPS) is 11.7. The predicted molar refractivity (Wildman–Crippen MR) is 117 cm³/mol. The van der Waals surface area contributed by atoms with Gasteiger partial charge in [-0.3, -0.25) is 0 Å². The molecule has 0 unspecified atom stereocenters. The maximum absolute atomic E-state index is 9.64. The van der Waals surface area contributed by atoms with Crippen molar-refractivity contribution in [2.45, 2.75) is 24.2 Å². The van der Waals surface area contributed by atoms with E-state index >= 15 is 0 Å². The van der Waals surface area contributed by atoms with E-state index in [4.69, 9.17) is 4.98 Å². The molecule has 0 aliphatic carbocycles. The standard InChI is InChI=1S/C24H22GeN2/c1-16-9-10-22-21(23(16)25(2,3)4)11-12-27-24(22)18-13-17-7-5-6-8-20(17)19(14-18)15-26/h5-14H,1-4H3. The molecule has 0 saturated heterocycles. The number of nitriles is 1. The first-order chi connectivity index (χ1) is 12.9. The third kappa shape index (κ3) is 3.03. The van der Waals surface area contributed by atoms with Gasteiger partial charge in [0.25, 0.3) is 0 Å². The summed E-state index contributed by atoms with van der Waals surface area (Å²) in [5, 5.41) is 14.2. The van der Waals surface area contributed by atoms with E-state index in [0.717, 1.165) is 22.0 Å². The summed E-state index contributed by atoms with van der Waals surface area (Å²) in [4.78, 5) is 4.72. The number of rotatable bonds is 2. The van der Waals surface area contributed by atoms with Crippen molar-refractivity contribution in [1.82, 2.24) is 4.98 Å². The van der Waals surface area contributed by atoms with E-state index in [2.05, 4.69) is 60.6 Å². The number of benzene rings is 3. The summed E-state index contributed by atoms with van der Waals surface area (Å²) in [6.45, 7) is 2.22. The van der Waals surface area contributed by atoms with Gasteiger partial charge in [0, 0.05) is 0 Å². The second kappa shape index (κ2) is 6.51. The van der Waals surface area contributed by atoms with Crippen molar-refractivity contribution >= 4 is 39.2 Å². The van der Waals surface area contributed by atoms with Gasteiger partial charge in [0.2, 0.25) is 0 Å². The summed E-state index contributed by atoms with van der Waals surface area (Å²) in [7, 11) is 0. The Balaban J connectivity index is 2.07. The molecule has 1 aromatic heterocycles. The topological polar surface area (TPSA) is 36.7 Å². The zero-order chi connectivity index (χ0) is 19.2. The fourth-order valence-electron chi connectivity index (χ4n) is 4.13. The Morgan fingerprint density at radius 1 is 0.889 bits per heavy atom. The molecule has 0 aliphatic heterocycles. The molecule has 2 nitrogen and oxygen atoms in total. The fraction of sp³-hybridized carbons (Fsp3) is 0.167. The molecule has 0 aliphatic rings. The van der Waals surface area contributed by atoms with Crippen LogP contribution >= 0.6 is 0 Å². The quantitative estimate of drug-likeness (QED) is 0.392. The second-order valence-corrected chi connectivity index (χ2v) is 18.6. The Bertz CT molecular complexity index is 1230. The second-order valence-electron chi connectivity index (χ2n) is 8.12. The minimum absolute atomic E-state index is 0.697. The van der Waals surface area contributed by atoms with Crippen LogP contribution in [-0.4, -0.2) is 18.3 Å². The molecule has 0 saturated carbocycles. The molecule has 0 N–H and O–H groups in total. The molecule has 132 valence electrons. The van der Waals surface area contributed by atoms with Gasteiger partial charge < -0.3 is 0 Å². The number of hydrogen-bond donors (Lipinski definition) is 0. The van der Waals surface area contributed by atoms with Crippen LogP contribution in [0.3, 0.4) is 0 Å². The van der Waals surface area contributed by atoms with E-state index in [9.17, 15) is 5.26 Å². The molecule has 3 heteroatoms. The summed E-state index contributed by atoms with van der Waals surface area (Å²) in [6.07, 6.45) is 1.91. The number of aryl methyl sites for hydroxylation is 1. The summed E-state index contributed by atoms with van der Waals surface area (Å²) in [5.41, 5.74) is 4.04. The zero-order valence-corrected chi connectivity index (χ0v) is 18.3. The van der Waals surface area contributed by atoms with Gasteiger partial charge in [-0.2, -0.15) is 0 Å². The van der Waals surface area contributed by atoms with Gasteiger partial charge >= 0.3 is 163 Å². The average molecular weight is 411 g/mol. The van der Waals surface area contributed by atoms with Gasteiger partial charge in [0.15, 0.2) is 0 Å². The monoisotopic (exact) mass is 412 g/mol. The maximum atomic E-state index is 9.64. The van der Waals surface area contributed by atoms with Crippen LogP contribution in [0.2, 0.25) is 17.3 Å². The Kier molecular flexibility index (Phi) is 4.28. The minimum atomic E-state index is -2.05. The SMILES string of the molecule is Cc1ccc2c(-c3cc(C#N)c4ccccc4c3)nccc2[c]1[Ge]([CH3])([CH3])[CH3]. The molecule has 4 aromatic rings. The Morgan fingerprint density at radius 2 is 1.67 bits per heavy atom. The zero-order valence-electron chi connectivity index (χ0n) is 16.2. The van der Waals surface area contributed by atoms with Crippen molar-refractivity contribution in [3.05, 3.63) is 71.9 Å². The molecule has 27 heavy (non-hydrogen) atoms. The van der Waals surface area contributed by atoms with Crippen LogP contribution in [-0.2, 0) is 0 Å². The molecular formula is C24H22GeN2. The van der Waals surface area contributed by atoms with Crippen molar-refractivity contribution in [2.24, 2.45) is 0 Å². The summed E-state index contributed by atoms with van der Waals surface area (Å²) in [5.74, 6) is 7.31. The number of nitrogens with zero attached hydrogens (tertiary/aromatic N) is 2. The molecule has 0 spiro atoms. The first kappa shape index (κ1) is 17.8. The summed E-state index contributed by atoms with van der Waals surface area (Å²) in [6, 6.07) is 21.1. The van der Waals surface area contributed by atoms with E-state index in [1.807, 2.05) is 30.5 Å². The van der Waals surface area contributed by atoms with Crippen molar-refractivity contribution in [3.8, 4) is 17.3 Å². The van der Waals surface area contributed by atoms with Crippen molar-refractivity contribution < 1.29 is 0 Å². The van der Waals surface area contributed by atoms with E-state index in [1.54, 1.807) is 0 Å². The van der Waals surface area contributed by atoms with Gasteiger partial charge in [0.1, 0.15) is 0 Å². The van der Waals surface area contributed by atoms with Crippen LogP contribution in [0.25, 0.3) is 32.8 Å². The van der Waals surface area contributed by atoms with E-state index in [-0.39, 0.29) is 0 Å². The van der Waals surface area contributed by atoms with Gasteiger partial charge in [-0.25, -0.2) is 0 Å². The van der Waals surface area contributed by atoms with E-state index in [0.29, 0.717) is 5.56 Å². The van der Waals surface area contributed by atoms with E-state index in [1.165, 1.54) is 20.7 Å². The first-order valence-corrected chi connectivity index (χ1v) is 16.6. The molecule has 1 heterocycles. The third-order valence-electron chi connectivity index (χ3n) is 5.16. The fourth-order valence-corrected chi connectivity index (χ4v) is 8.94. The molecule has 0 fully saturated rings. The van der Waals surface area contributed by atoms with Crippen LogP contribution in [0.1, 0.15) is 11.1 Å². The molecule has 0 amide bonds. The van der Waals surface area contributed by atoms with Crippen LogP contribution in [0.4, 0.5) is 0 Å². The van der Waals surface area contributed by atoms with Gasteiger partial charge in [-0.15, -0.1) is 0 Å².